The molecule has 106 valence electrons. The highest BCUT2D eigenvalue weighted by Crippen LogP contribution is 2.23. The number of likely N-dealkylation sites (N-methyl/N-ethyl adjacent to an activating group) is 1. The Balaban J connectivity index is 2.63. The fourth-order valence-electron chi connectivity index (χ4n) is 2.69. The highest BCUT2D eigenvalue weighted by atomic mass is 16.1. The third-order valence-electron chi connectivity index (χ3n) is 3.56. The summed E-state index contributed by atoms with van der Waals surface area (Å²) in [4.78, 5) is 16.6. The molecule has 0 bridgehead atoms. The van der Waals surface area contributed by atoms with Crippen LogP contribution in [0.2, 0.25) is 0 Å². The Morgan fingerprint density at radius 1 is 1.33 bits per heavy atom. The van der Waals surface area contributed by atoms with Gasteiger partial charge in [-0.25, -0.2) is 0 Å². The summed E-state index contributed by atoms with van der Waals surface area (Å²) in [5.74, 6) is 0.629. The first-order valence-electron chi connectivity index (χ1n) is 6.97. The number of hydrogen-bond donors (Lipinski definition) is 1. The van der Waals surface area contributed by atoms with Crippen LogP contribution < -0.4 is 5.32 Å². The van der Waals surface area contributed by atoms with E-state index in [2.05, 4.69) is 50.1 Å². The van der Waals surface area contributed by atoms with Crippen molar-refractivity contribution >= 4 is 5.91 Å². The second-order valence-corrected chi connectivity index (χ2v) is 6.47. The zero-order valence-electron chi connectivity index (χ0n) is 12.6. The van der Waals surface area contributed by atoms with Gasteiger partial charge in [0.15, 0.2) is 0 Å². The molecule has 1 fully saturated rings. The van der Waals surface area contributed by atoms with Crippen LogP contribution in [0.15, 0.2) is 0 Å². The Hall–Kier alpha value is -0.610. The topological polar surface area (TPSA) is 35.6 Å². The van der Waals surface area contributed by atoms with E-state index in [9.17, 15) is 4.79 Å². The number of hydrogen-bond acceptors (Lipinski definition) is 3. The highest BCUT2D eigenvalue weighted by molar-refractivity contribution is 5.77. The predicted molar refractivity (Wildman–Crippen MR) is 75.6 cm³/mol. The summed E-state index contributed by atoms with van der Waals surface area (Å²) in [5, 5.41) is 3.31. The number of carbonyl (C=O) groups excluding carboxylic acids is 1. The van der Waals surface area contributed by atoms with Crippen molar-refractivity contribution in [2.75, 3.05) is 40.8 Å². The van der Waals surface area contributed by atoms with Crippen molar-refractivity contribution in [1.29, 1.82) is 0 Å². The summed E-state index contributed by atoms with van der Waals surface area (Å²) in [6.07, 6.45) is 2.72. The molecule has 1 amide bonds. The van der Waals surface area contributed by atoms with E-state index in [0.29, 0.717) is 12.3 Å². The third-order valence-corrected chi connectivity index (χ3v) is 3.56. The van der Waals surface area contributed by atoms with E-state index in [1.165, 1.54) is 0 Å². The minimum atomic E-state index is -0.0258. The first kappa shape index (κ1) is 15.4. The van der Waals surface area contributed by atoms with Gasteiger partial charge in [0.25, 0.3) is 0 Å². The quantitative estimate of drug-likeness (QED) is 0.801. The van der Waals surface area contributed by atoms with Crippen LogP contribution in [0.5, 0.6) is 0 Å². The lowest BCUT2D eigenvalue weighted by molar-refractivity contribution is -0.124. The smallest absolute Gasteiger partial charge is 0.220 e. The van der Waals surface area contributed by atoms with E-state index in [1.54, 1.807) is 0 Å². The van der Waals surface area contributed by atoms with Crippen LogP contribution in [0.4, 0.5) is 0 Å². The molecular formula is C14H29N3O. The Bertz CT molecular complexity index is 268. The lowest BCUT2D eigenvalue weighted by atomic mass is 9.86. The van der Waals surface area contributed by atoms with Crippen molar-refractivity contribution in [2.24, 2.45) is 5.92 Å². The molecule has 0 aliphatic carbocycles. The fraction of sp³-hybridized carbons (Fsp3) is 0.929. The molecule has 0 atom stereocenters. The van der Waals surface area contributed by atoms with Gasteiger partial charge in [0, 0.05) is 26.1 Å². The molecule has 4 heteroatoms. The number of likely N-dealkylation sites (tertiary alicyclic amines) is 1. The molecule has 0 aromatic rings. The van der Waals surface area contributed by atoms with E-state index in [-0.39, 0.29) is 11.4 Å². The molecule has 1 N–H and O–H groups in total. The van der Waals surface area contributed by atoms with Gasteiger partial charge in [-0.3, -0.25) is 4.79 Å². The van der Waals surface area contributed by atoms with Gasteiger partial charge >= 0.3 is 0 Å². The third kappa shape index (κ3) is 4.94. The molecule has 0 radical (unpaired) electrons. The maximum atomic E-state index is 12.0. The lowest BCUT2D eigenvalue weighted by Gasteiger charge is -2.43. The maximum absolute atomic E-state index is 12.0. The maximum Gasteiger partial charge on any atom is 0.220 e. The standard InChI is InChI=1S/C14H29N3O/c1-12(2)10-13(18)15-14(11-16(3)4)6-8-17(5)9-7-14/h12H,6-11H2,1-5H3,(H,15,18). The average molecular weight is 255 g/mol. The van der Waals surface area contributed by atoms with Gasteiger partial charge in [-0.05, 0) is 39.9 Å². The van der Waals surface area contributed by atoms with Gasteiger partial charge in [0.1, 0.15) is 0 Å². The van der Waals surface area contributed by atoms with E-state index >= 15 is 0 Å². The monoisotopic (exact) mass is 255 g/mol. The van der Waals surface area contributed by atoms with Crippen LogP contribution >= 0.6 is 0 Å². The molecule has 0 spiro atoms. The SMILES string of the molecule is CC(C)CC(=O)NC1(CN(C)C)CCN(C)CC1. The summed E-state index contributed by atoms with van der Waals surface area (Å²) in [6.45, 7) is 7.25. The second kappa shape index (κ2) is 6.53. The molecule has 0 aromatic carbocycles. The molecule has 1 rings (SSSR count). The molecule has 0 saturated carbocycles. The number of carbonyl (C=O) groups is 1. The minimum absolute atomic E-state index is 0.0258. The highest BCUT2D eigenvalue weighted by Gasteiger charge is 2.35. The molecule has 1 heterocycles. The van der Waals surface area contributed by atoms with Crippen LogP contribution in [-0.4, -0.2) is 62.0 Å². The summed E-state index contributed by atoms with van der Waals surface area (Å²) in [7, 11) is 6.30. The van der Waals surface area contributed by atoms with Gasteiger partial charge < -0.3 is 15.1 Å². The molecular weight excluding hydrogens is 226 g/mol. The molecule has 4 nitrogen and oxygen atoms in total. The van der Waals surface area contributed by atoms with Crippen LogP contribution in [0.3, 0.4) is 0 Å². The summed E-state index contributed by atoms with van der Waals surface area (Å²) in [5.41, 5.74) is -0.0258. The van der Waals surface area contributed by atoms with Gasteiger partial charge in [-0.2, -0.15) is 0 Å². The first-order valence-corrected chi connectivity index (χ1v) is 6.97. The first-order chi connectivity index (χ1) is 8.33. The Kier molecular flexibility index (Phi) is 5.60. The number of rotatable bonds is 5. The van der Waals surface area contributed by atoms with E-state index in [1.807, 2.05) is 0 Å². The molecule has 0 aromatic heterocycles. The van der Waals surface area contributed by atoms with Crippen LogP contribution in [-0.2, 0) is 4.79 Å². The zero-order chi connectivity index (χ0) is 13.8. The normalized spacial score (nSPS) is 20.4. The van der Waals surface area contributed by atoms with Gasteiger partial charge in [0.05, 0.1) is 5.54 Å². The fourth-order valence-corrected chi connectivity index (χ4v) is 2.69. The van der Waals surface area contributed by atoms with Crippen molar-refractivity contribution < 1.29 is 4.79 Å². The van der Waals surface area contributed by atoms with Gasteiger partial charge in [0.2, 0.25) is 5.91 Å². The number of amides is 1. The van der Waals surface area contributed by atoms with Crippen molar-refractivity contribution in [2.45, 2.75) is 38.6 Å². The number of nitrogens with one attached hydrogen (secondary N) is 1. The molecule has 1 saturated heterocycles. The molecule has 1 aliphatic heterocycles. The average Bonchev–Trinajstić information content (AvgIpc) is 2.20. The Morgan fingerprint density at radius 3 is 2.33 bits per heavy atom. The van der Waals surface area contributed by atoms with Crippen LogP contribution in [0, 0.1) is 5.92 Å². The van der Waals surface area contributed by atoms with Gasteiger partial charge in [-0.1, -0.05) is 13.8 Å². The van der Waals surface area contributed by atoms with E-state index in [4.69, 9.17) is 0 Å². The second-order valence-electron chi connectivity index (χ2n) is 6.47. The summed E-state index contributed by atoms with van der Waals surface area (Å²) < 4.78 is 0. The van der Waals surface area contributed by atoms with Crippen molar-refractivity contribution in [3.63, 3.8) is 0 Å². The molecule has 18 heavy (non-hydrogen) atoms. The lowest BCUT2D eigenvalue weighted by Crippen LogP contribution is -2.59. The molecule has 0 unspecified atom stereocenters. The van der Waals surface area contributed by atoms with Crippen LogP contribution in [0.1, 0.15) is 33.1 Å². The number of piperidine rings is 1. The van der Waals surface area contributed by atoms with Gasteiger partial charge in [-0.15, -0.1) is 0 Å². The van der Waals surface area contributed by atoms with Crippen molar-refractivity contribution in [1.82, 2.24) is 15.1 Å². The molecule has 1 aliphatic rings. The van der Waals surface area contributed by atoms with Crippen molar-refractivity contribution in [3.8, 4) is 0 Å². The Labute approximate surface area is 112 Å². The zero-order valence-corrected chi connectivity index (χ0v) is 12.6. The minimum Gasteiger partial charge on any atom is -0.349 e. The van der Waals surface area contributed by atoms with E-state index < -0.39 is 0 Å². The summed E-state index contributed by atoms with van der Waals surface area (Å²) >= 11 is 0. The predicted octanol–water partition coefficient (Wildman–Crippen LogP) is 1.17. The Morgan fingerprint density at radius 2 is 1.89 bits per heavy atom. The van der Waals surface area contributed by atoms with E-state index in [0.717, 1.165) is 32.5 Å². The van der Waals surface area contributed by atoms with Crippen molar-refractivity contribution in [3.05, 3.63) is 0 Å². The summed E-state index contributed by atoms with van der Waals surface area (Å²) in [6, 6.07) is 0. The van der Waals surface area contributed by atoms with Crippen LogP contribution in [0.25, 0.3) is 0 Å². The largest absolute Gasteiger partial charge is 0.349 e. The number of nitrogens with zero attached hydrogens (tertiary/aromatic N) is 2.